The van der Waals surface area contributed by atoms with Crippen LogP contribution in [0, 0.1) is 5.92 Å². The summed E-state index contributed by atoms with van der Waals surface area (Å²) in [6.45, 7) is 0. The van der Waals surface area contributed by atoms with Crippen LogP contribution in [0.3, 0.4) is 0 Å². The Balaban J connectivity index is 1.88. The smallest absolute Gasteiger partial charge is 0.223 e. The number of carbonyl (C=O) groups is 1. The second-order valence-corrected chi connectivity index (χ2v) is 6.42. The van der Waals surface area contributed by atoms with Crippen molar-refractivity contribution >= 4 is 17.5 Å². The molecule has 2 nitrogen and oxygen atoms in total. The van der Waals surface area contributed by atoms with E-state index in [9.17, 15) is 4.79 Å². The minimum absolute atomic E-state index is 0.0823. The Morgan fingerprint density at radius 1 is 1.00 bits per heavy atom. The number of halogens is 1. The number of nitrogens with one attached hydrogen (secondary N) is 1. The van der Waals surface area contributed by atoms with Gasteiger partial charge in [0.15, 0.2) is 0 Å². The molecule has 0 heterocycles. The maximum Gasteiger partial charge on any atom is 0.223 e. The topological polar surface area (TPSA) is 29.1 Å². The predicted octanol–water partition coefficient (Wildman–Crippen LogP) is 4.01. The molecule has 0 atom stereocenters. The van der Waals surface area contributed by atoms with Crippen molar-refractivity contribution in [2.24, 2.45) is 5.92 Å². The molecule has 0 bridgehead atoms. The van der Waals surface area contributed by atoms with E-state index < -0.39 is 0 Å². The molecular formula is C15H26ClNO. The summed E-state index contributed by atoms with van der Waals surface area (Å²) >= 11 is 6.09. The molecule has 0 aromatic rings. The molecule has 1 N–H and O–H groups in total. The van der Waals surface area contributed by atoms with Crippen LogP contribution in [0.2, 0.25) is 0 Å². The molecule has 0 unspecified atom stereocenters. The van der Waals surface area contributed by atoms with Gasteiger partial charge < -0.3 is 5.32 Å². The zero-order chi connectivity index (χ0) is 12.8. The number of alkyl halides is 1. The zero-order valence-corrected chi connectivity index (χ0v) is 12.1. The van der Waals surface area contributed by atoms with E-state index in [1.54, 1.807) is 0 Å². The lowest BCUT2D eigenvalue weighted by molar-refractivity contribution is -0.127. The molecule has 3 heteroatoms. The Hall–Kier alpha value is -0.240. The van der Waals surface area contributed by atoms with Gasteiger partial charge in [0.1, 0.15) is 0 Å². The van der Waals surface area contributed by atoms with Gasteiger partial charge in [0.05, 0.1) is 5.54 Å². The summed E-state index contributed by atoms with van der Waals surface area (Å²) in [6.07, 6.45) is 13.1. The van der Waals surface area contributed by atoms with Crippen LogP contribution in [0.5, 0.6) is 0 Å². The van der Waals surface area contributed by atoms with E-state index in [4.69, 9.17) is 11.6 Å². The average molecular weight is 272 g/mol. The highest BCUT2D eigenvalue weighted by Gasteiger charge is 2.35. The van der Waals surface area contributed by atoms with Crippen LogP contribution in [-0.4, -0.2) is 17.3 Å². The normalized spacial score (nSPS) is 25.4. The summed E-state index contributed by atoms with van der Waals surface area (Å²) < 4.78 is 0. The first-order valence-electron chi connectivity index (χ1n) is 7.64. The van der Waals surface area contributed by atoms with Gasteiger partial charge in [-0.15, -0.1) is 11.6 Å². The molecule has 2 rings (SSSR count). The van der Waals surface area contributed by atoms with Gasteiger partial charge in [0, 0.05) is 11.8 Å². The number of hydrogen-bond acceptors (Lipinski definition) is 1. The fourth-order valence-electron chi connectivity index (χ4n) is 3.43. The number of rotatable bonds is 3. The van der Waals surface area contributed by atoms with Crippen LogP contribution in [0.4, 0.5) is 0 Å². The summed E-state index contributed by atoms with van der Waals surface area (Å²) in [5.41, 5.74) is -0.0823. The van der Waals surface area contributed by atoms with Crippen molar-refractivity contribution < 1.29 is 4.79 Å². The molecule has 0 saturated heterocycles. The van der Waals surface area contributed by atoms with Crippen LogP contribution >= 0.6 is 11.6 Å². The predicted molar refractivity (Wildman–Crippen MR) is 75.9 cm³/mol. The third-order valence-corrected chi connectivity index (χ3v) is 5.19. The lowest BCUT2D eigenvalue weighted by atomic mass is 9.89. The van der Waals surface area contributed by atoms with Crippen molar-refractivity contribution in [2.75, 3.05) is 5.88 Å². The SMILES string of the molecule is O=C(NC1(CCl)CCCC1)C1CCCCCCC1. The standard InChI is InChI=1S/C15H26ClNO/c16-12-15(10-6-7-11-15)17-14(18)13-8-4-2-1-3-5-9-13/h13H,1-12H2,(H,17,18). The van der Waals surface area contributed by atoms with E-state index >= 15 is 0 Å². The van der Waals surface area contributed by atoms with E-state index in [1.165, 1.54) is 44.9 Å². The molecule has 0 aromatic heterocycles. The molecule has 18 heavy (non-hydrogen) atoms. The zero-order valence-electron chi connectivity index (χ0n) is 11.3. The molecule has 0 aromatic carbocycles. The van der Waals surface area contributed by atoms with Crippen molar-refractivity contribution in [2.45, 2.75) is 76.2 Å². The van der Waals surface area contributed by atoms with Gasteiger partial charge in [-0.1, -0.05) is 44.9 Å². The van der Waals surface area contributed by atoms with Crippen LogP contribution in [0.1, 0.15) is 70.6 Å². The monoisotopic (exact) mass is 271 g/mol. The first-order chi connectivity index (χ1) is 8.76. The van der Waals surface area contributed by atoms with Crippen molar-refractivity contribution in [3.8, 4) is 0 Å². The van der Waals surface area contributed by atoms with E-state index in [1.807, 2.05) is 0 Å². The fraction of sp³-hybridized carbons (Fsp3) is 0.933. The summed E-state index contributed by atoms with van der Waals surface area (Å²) in [6, 6.07) is 0. The summed E-state index contributed by atoms with van der Waals surface area (Å²) in [7, 11) is 0. The Morgan fingerprint density at radius 3 is 2.11 bits per heavy atom. The van der Waals surface area contributed by atoms with Crippen LogP contribution in [-0.2, 0) is 4.79 Å². The largest absolute Gasteiger partial charge is 0.349 e. The molecule has 104 valence electrons. The molecule has 0 spiro atoms. The quantitative estimate of drug-likeness (QED) is 0.772. The second kappa shape index (κ2) is 6.79. The van der Waals surface area contributed by atoms with Crippen LogP contribution < -0.4 is 5.32 Å². The average Bonchev–Trinajstić information content (AvgIpc) is 2.77. The van der Waals surface area contributed by atoms with Gasteiger partial charge >= 0.3 is 0 Å². The number of amides is 1. The van der Waals surface area contributed by atoms with Gasteiger partial charge in [0.2, 0.25) is 5.91 Å². The van der Waals surface area contributed by atoms with Gasteiger partial charge in [-0.25, -0.2) is 0 Å². The van der Waals surface area contributed by atoms with E-state index in [2.05, 4.69) is 5.32 Å². The third-order valence-electron chi connectivity index (χ3n) is 4.68. The molecule has 0 aliphatic heterocycles. The minimum Gasteiger partial charge on any atom is -0.349 e. The number of hydrogen-bond donors (Lipinski definition) is 1. The molecule has 2 aliphatic rings. The van der Waals surface area contributed by atoms with Crippen molar-refractivity contribution in [3.05, 3.63) is 0 Å². The van der Waals surface area contributed by atoms with Gasteiger partial charge in [-0.05, 0) is 25.7 Å². The maximum absolute atomic E-state index is 12.4. The van der Waals surface area contributed by atoms with Crippen molar-refractivity contribution in [1.82, 2.24) is 5.32 Å². The molecule has 0 radical (unpaired) electrons. The third kappa shape index (κ3) is 3.63. The Labute approximate surface area is 116 Å². The molecular weight excluding hydrogens is 246 g/mol. The molecule has 2 saturated carbocycles. The van der Waals surface area contributed by atoms with Gasteiger partial charge in [-0.3, -0.25) is 4.79 Å². The lowest BCUT2D eigenvalue weighted by Gasteiger charge is -2.30. The van der Waals surface area contributed by atoms with Crippen LogP contribution in [0.25, 0.3) is 0 Å². The molecule has 2 fully saturated rings. The van der Waals surface area contributed by atoms with Gasteiger partial charge in [-0.2, -0.15) is 0 Å². The highest BCUT2D eigenvalue weighted by molar-refractivity contribution is 6.18. The summed E-state index contributed by atoms with van der Waals surface area (Å²) in [4.78, 5) is 12.4. The van der Waals surface area contributed by atoms with E-state index in [0.29, 0.717) is 5.88 Å². The highest BCUT2D eigenvalue weighted by Crippen LogP contribution is 2.32. The first kappa shape index (κ1) is 14.2. The van der Waals surface area contributed by atoms with E-state index in [0.717, 1.165) is 25.7 Å². The van der Waals surface area contributed by atoms with Crippen LogP contribution in [0.15, 0.2) is 0 Å². The second-order valence-electron chi connectivity index (χ2n) is 6.15. The summed E-state index contributed by atoms with van der Waals surface area (Å²) in [5, 5.41) is 3.29. The minimum atomic E-state index is -0.0823. The number of carbonyl (C=O) groups excluding carboxylic acids is 1. The molecule has 2 aliphatic carbocycles. The Bertz CT molecular complexity index is 266. The summed E-state index contributed by atoms with van der Waals surface area (Å²) in [5.74, 6) is 1.09. The highest BCUT2D eigenvalue weighted by atomic mass is 35.5. The lowest BCUT2D eigenvalue weighted by Crippen LogP contribution is -2.50. The maximum atomic E-state index is 12.4. The van der Waals surface area contributed by atoms with Gasteiger partial charge in [0.25, 0.3) is 0 Å². The van der Waals surface area contributed by atoms with Crippen molar-refractivity contribution in [1.29, 1.82) is 0 Å². The fourth-order valence-corrected chi connectivity index (χ4v) is 3.76. The molecule has 1 amide bonds. The first-order valence-corrected chi connectivity index (χ1v) is 8.17. The Morgan fingerprint density at radius 2 is 1.56 bits per heavy atom. The van der Waals surface area contributed by atoms with Crippen molar-refractivity contribution in [3.63, 3.8) is 0 Å². The van der Waals surface area contributed by atoms with E-state index in [-0.39, 0.29) is 17.4 Å². The Kier molecular flexibility index (Phi) is 5.35.